The van der Waals surface area contributed by atoms with Gasteiger partial charge in [0, 0.05) is 11.5 Å². The van der Waals surface area contributed by atoms with E-state index in [0.717, 1.165) is 11.3 Å². The number of aliphatic carboxylic acids is 1. The lowest BCUT2D eigenvalue weighted by Gasteiger charge is -2.51. The van der Waals surface area contributed by atoms with Crippen molar-refractivity contribution in [2.24, 2.45) is 5.92 Å². The number of carboxylic acids is 1. The molecule has 0 amide bonds. The molecule has 0 bridgehead atoms. The van der Waals surface area contributed by atoms with E-state index in [1.807, 2.05) is 49.9 Å². The first-order valence-electron chi connectivity index (χ1n) is 9.61. The second-order valence-electron chi connectivity index (χ2n) is 7.96. The van der Waals surface area contributed by atoms with Crippen molar-refractivity contribution in [2.75, 3.05) is 6.61 Å². The molecular formula is C21H24N2O4S2. The lowest BCUT2D eigenvalue weighted by molar-refractivity contribution is -0.152. The van der Waals surface area contributed by atoms with E-state index in [2.05, 4.69) is 12.1 Å². The number of rotatable bonds is 5. The molecule has 0 aliphatic carbocycles. The summed E-state index contributed by atoms with van der Waals surface area (Å²) in [5, 5.41) is 14.8. The number of carbonyl (C=O) groups is 1. The molecule has 2 aromatic rings. The zero-order valence-electron chi connectivity index (χ0n) is 17.1. The molecule has 6 nitrogen and oxygen atoms in total. The number of thioether (sulfide) groups is 1. The van der Waals surface area contributed by atoms with Gasteiger partial charge in [0.15, 0.2) is 11.3 Å². The molecule has 4 rings (SSSR count). The fourth-order valence-electron chi connectivity index (χ4n) is 4.55. The van der Waals surface area contributed by atoms with Gasteiger partial charge >= 0.3 is 5.97 Å². The van der Waals surface area contributed by atoms with Crippen LogP contribution in [0.5, 0.6) is 5.75 Å². The van der Waals surface area contributed by atoms with Gasteiger partial charge in [-0.1, -0.05) is 24.3 Å². The summed E-state index contributed by atoms with van der Waals surface area (Å²) in [6.45, 7) is 10.3. The second kappa shape index (κ2) is 6.74. The van der Waals surface area contributed by atoms with Crippen LogP contribution < -0.4 is 4.74 Å². The van der Waals surface area contributed by atoms with Gasteiger partial charge in [-0.25, -0.2) is 4.79 Å². The van der Waals surface area contributed by atoms with E-state index in [1.165, 1.54) is 0 Å². The first-order valence-corrected chi connectivity index (χ1v) is 10.9. The van der Waals surface area contributed by atoms with Crippen LogP contribution in [0.3, 0.4) is 0 Å². The molecule has 2 saturated heterocycles. The highest BCUT2D eigenvalue weighted by atomic mass is 32.2. The van der Waals surface area contributed by atoms with Gasteiger partial charge in [0.2, 0.25) is 0 Å². The van der Waals surface area contributed by atoms with Gasteiger partial charge in [-0.15, -0.1) is 11.8 Å². The summed E-state index contributed by atoms with van der Waals surface area (Å²) < 4.78 is 10.6. The van der Waals surface area contributed by atoms with Crippen molar-refractivity contribution in [1.82, 2.24) is 10.1 Å². The minimum atomic E-state index is -1.36. The van der Waals surface area contributed by atoms with E-state index >= 15 is 0 Å². The number of hydrogen-bond acceptors (Lipinski definition) is 6. The lowest BCUT2D eigenvalue weighted by atomic mass is 9.73. The number of thiocarbonyl (C=S) groups is 1. The smallest absolute Gasteiger partial charge is 0.336 e. The third-order valence-electron chi connectivity index (χ3n) is 5.92. The molecule has 0 saturated carbocycles. The van der Waals surface area contributed by atoms with Crippen molar-refractivity contribution >= 4 is 34.9 Å². The first kappa shape index (κ1) is 20.2. The maximum atomic E-state index is 13.0. The number of aryl methyl sites for hydroxylation is 1. The van der Waals surface area contributed by atoms with Gasteiger partial charge in [0.05, 0.1) is 33.0 Å². The molecule has 2 fully saturated rings. The molecule has 3 atom stereocenters. The molecule has 0 radical (unpaired) electrons. The molecular weight excluding hydrogens is 408 g/mol. The zero-order valence-corrected chi connectivity index (χ0v) is 18.7. The van der Waals surface area contributed by atoms with Crippen molar-refractivity contribution in [1.29, 1.82) is 0 Å². The minimum absolute atomic E-state index is 0.0241. The molecule has 1 N–H and O–H groups in total. The van der Waals surface area contributed by atoms with Gasteiger partial charge in [-0.3, -0.25) is 0 Å². The Morgan fingerprint density at radius 3 is 2.62 bits per heavy atom. The normalized spacial score (nSPS) is 27.5. The summed E-state index contributed by atoms with van der Waals surface area (Å²) in [6.07, 6.45) is 0. The van der Waals surface area contributed by atoms with Crippen molar-refractivity contribution in [3.8, 4) is 17.1 Å². The molecule has 1 aromatic carbocycles. The molecule has 1 aromatic heterocycles. The predicted molar refractivity (Wildman–Crippen MR) is 116 cm³/mol. The van der Waals surface area contributed by atoms with E-state index in [-0.39, 0.29) is 11.3 Å². The Labute approximate surface area is 179 Å². The fraction of sp³-hybridized carbons (Fsp3) is 0.476. The maximum absolute atomic E-state index is 13.0. The molecule has 3 heterocycles. The van der Waals surface area contributed by atoms with Crippen LogP contribution in [0, 0.1) is 12.8 Å². The summed E-state index contributed by atoms with van der Waals surface area (Å²) in [6, 6.07) is 7.43. The van der Waals surface area contributed by atoms with E-state index in [1.54, 1.807) is 18.7 Å². The average molecular weight is 433 g/mol. The Balaban J connectivity index is 1.92. The van der Waals surface area contributed by atoms with Crippen LogP contribution in [0.2, 0.25) is 0 Å². The number of benzene rings is 1. The maximum Gasteiger partial charge on any atom is 0.336 e. The molecule has 0 unspecified atom stereocenters. The lowest BCUT2D eigenvalue weighted by Crippen LogP contribution is -2.67. The third kappa shape index (κ3) is 2.58. The van der Waals surface area contributed by atoms with Crippen LogP contribution in [0.25, 0.3) is 11.3 Å². The molecule has 2 aliphatic rings. The molecule has 2 aliphatic heterocycles. The molecule has 29 heavy (non-hydrogen) atoms. The van der Waals surface area contributed by atoms with Crippen LogP contribution in [0.15, 0.2) is 28.8 Å². The van der Waals surface area contributed by atoms with Crippen LogP contribution in [-0.4, -0.2) is 42.8 Å². The summed E-state index contributed by atoms with van der Waals surface area (Å²) >= 11 is 7.27. The van der Waals surface area contributed by atoms with Gasteiger partial charge < -0.3 is 19.3 Å². The van der Waals surface area contributed by atoms with Crippen molar-refractivity contribution in [3.63, 3.8) is 0 Å². The van der Waals surface area contributed by atoms with Crippen LogP contribution >= 0.6 is 24.0 Å². The number of hydrogen-bond donors (Lipinski definition) is 1. The van der Waals surface area contributed by atoms with Crippen molar-refractivity contribution in [2.45, 2.75) is 50.3 Å². The van der Waals surface area contributed by atoms with Crippen LogP contribution in [0.4, 0.5) is 0 Å². The largest absolute Gasteiger partial charge is 0.494 e. The quantitative estimate of drug-likeness (QED) is 0.694. The third-order valence-corrected chi connectivity index (χ3v) is 8.23. The first-order chi connectivity index (χ1) is 13.7. The van der Waals surface area contributed by atoms with Crippen molar-refractivity contribution < 1.29 is 19.2 Å². The number of ether oxygens (including phenoxy) is 1. The Kier molecular flexibility index (Phi) is 4.70. The second-order valence-corrected chi connectivity index (χ2v) is 10.1. The van der Waals surface area contributed by atoms with Gasteiger partial charge in [-0.05, 0) is 52.0 Å². The Hall–Kier alpha value is -2.06. The average Bonchev–Trinajstić information content (AvgIpc) is 3.16. The molecule has 154 valence electrons. The van der Waals surface area contributed by atoms with Gasteiger partial charge in [0.25, 0.3) is 0 Å². The van der Waals surface area contributed by atoms with Gasteiger partial charge in [-0.2, -0.15) is 0 Å². The van der Waals surface area contributed by atoms with E-state index < -0.39 is 16.3 Å². The number of nitrogens with zero attached hydrogens (tertiary/aromatic N) is 2. The topological polar surface area (TPSA) is 75.8 Å². The summed E-state index contributed by atoms with van der Waals surface area (Å²) in [5.74, 6) is 0.427. The van der Waals surface area contributed by atoms with Gasteiger partial charge in [0.1, 0.15) is 5.75 Å². The SMILES string of the molecule is CCOc1ccc(-c2onc(C)c2[C@@]2(C(=O)O)N3C(=S)[C@@H](C)[C@H]3SC2(C)C)cc1. The van der Waals surface area contributed by atoms with E-state index in [9.17, 15) is 9.90 Å². The standard InChI is InChI=1S/C21H24N2O4S2/c1-6-26-14-9-7-13(8-10-14)16-15(12(3)22-27-16)21(19(24)25)20(4,5)29-18-11(2)17(28)23(18)21/h7-11,18H,6H2,1-5H3,(H,24,25)/t11-,18-,21+/m1/s1. The highest BCUT2D eigenvalue weighted by Crippen LogP contribution is 2.64. The highest BCUT2D eigenvalue weighted by molar-refractivity contribution is 8.01. The van der Waals surface area contributed by atoms with E-state index in [0.29, 0.717) is 28.6 Å². The number of fused-ring (bicyclic) bond motifs is 1. The molecule has 0 spiro atoms. The monoisotopic (exact) mass is 432 g/mol. The number of aromatic nitrogens is 1. The number of carboxylic acid groups (broad SMARTS) is 1. The Morgan fingerprint density at radius 2 is 2.03 bits per heavy atom. The highest BCUT2D eigenvalue weighted by Gasteiger charge is 2.72. The Bertz CT molecular complexity index is 985. The van der Waals surface area contributed by atoms with E-state index in [4.69, 9.17) is 21.5 Å². The van der Waals surface area contributed by atoms with Crippen LogP contribution in [0.1, 0.15) is 39.0 Å². The predicted octanol–water partition coefficient (Wildman–Crippen LogP) is 4.46. The summed E-state index contributed by atoms with van der Waals surface area (Å²) in [5.41, 5.74) is 0.536. The summed E-state index contributed by atoms with van der Waals surface area (Å²) in [4.78, 5) is 15.5. The zero-order chi connectivity index (χ0) is 21.1. The minimum Gasteiger partial charge on any atom is -0.494 e. The Morgan fingerprint density at radius 1 is 1.38 bits per heavy atom. The van der Waals surface area contributed by atoms with Crippen molar-refractivity contribution in [3.05, 3.63) is 35.5 Å². The van der Waals surface area contributed by atoms with Crippen LogP contribution in [-0.2, 0) is 10.3 Å². The fourth-order valence-corrected chi connectivity index (χ4v) is 6.85. The summed E-state index contributed by atoms with van der Waals surface area (Å²) in [7, 11) is 0. The molecule has 8 heteroatoms.